The van der Waals surface area contributed by atoms with E-state index in [0.29, 0.717) is 0 Å². The molecule has 0 saturated carbocycles. The molecule has 0 amide bonds. The van der Waals surface area contributed by atoms with Crippen molar-refractivity contribution < 1.29 is 0 Å². The summed E-state index contributed by atoms with van der Waals surface area (Å²) in [6, 6.07) is 6.41. The summed E-state index contributed by atoms with van der Waals surface area (Å²) in [6.07, 6.45) is 5.45. The first-order chi connectivity index (χ1) is 12.2. The zero-order valence-electron chi connectivity index (χ0n) is 15.1. The number of nitrogens with one attached hydrogen (secondary N) is 1. The number of hydrogen-bond donors (Lipinski definition) is 1. The number of rotatable bonds is 4. The van der Waals surface area contributed by atoms with Crippen molar-refractivity contribution >= 4 is 11.5 Å². The summed E-state index contributed by atoms with van der Waals surface area (Å²) in [6.45, 7) is 5.25. The Hall–Kier alpha value is -1.73. The van der Waals surface area contributed by atoms with E-state index in [-0.39, 0.29) is 0 Å². The molecule has 3 aliphatic heterocycles. The monoisotopic (exact) mass is 341 g/mol. The van der Waals surface area contributed by atoms with Gasteiger partial charge in [0.1, 0.15) is 5.82 Å². The van der Waals surface area contributed by atoms with Crippen molar-refractivity contribution in [2.24, 2.45) is 5.92 Å². The maximum Gasteiger partial charge on any atom is 0.178 e. The number of fused-ring (bicyclic) bond motifs is 3. The second kappa shape index (κ2) is 5.92. The Morgan fingerprint density at radius 1 is 1.12 bits per heavy atom. The Labute approximate surface area is 148 Å². The first kappa shape index (κ1) is 15.5. The van der Waals surface area contributed by atoms with Crippen molar-refractivity contribution in [3.63, 3.8) is 0 Å². The molecule has 0 spiro atoms. The van der Waals surface area contributed by atoms with Crippen molar-refractivity contribution in [3.8, 4) is 0 Å². The van der Waals surface area contributed by atoms with Gasteiger partial charge in [-0.25, -0.2) is 0 Å². The van der Waals surface area contributed by atoms with Crippen LogP contribution in [0.3, 0.4) is 0 Å². The van der Waals surface area contributed by atoms with E-state index in [0.717, 1.165) is 61.0 Å². The standard InChI is InChI=1S/C18H27N7/c1-12-20-21-17-5-6-18(22-25(12)17)24-10-13(11-24)9-19-14-7-15-3-4-16(8-14)23(15)2/h5-6,13-16,19H,3-4,7-11H2,1-2H3. The van der Waals surface area contributed by atoms with Gasteiger partial charge in [0.25, 0.3) is 0 Å². The molecule has 2 aromatic heterocycles. The SMILES string of the molecule is Cc1nnc2ccc(N3CC(CNC4CC5CCC(C4)N5C)C3)nn12. The molecular formula is C18H27N7. The molecular weight excluding hydrogens is 314 g/mol. The largest absolute Gasteiger partial charge is 0.354 e. The topological polar surface area (TPSA) is 61.6 Å². The Morgan fingerprint density at radius 2 is 1.88 bits per heavy atom. The molecule has 2 atom stereocenters. The summed E-state index contributed by atoms with van der Waals surface area (Å²) in [5.41, 5.74) is 0.817. The van der Waals surface area contributed by atoms with Gasteiger partial charge in [0.2, 0.25) is 0 Å². The van der Waals surface area contributed by atoms with Crippen molar-refractivity contribution in [2.45, 2.75) is 50.7 Å². The molecule has 2 bridgehead atoms. The molecule has 0 radical (unpaired) electrons. The molecule has 7 heteroatoms. The summed E-state index contributed by atoms with van der Waals surface area (Å²) in [5.74, 6) is 2.60. The molecule has 2 unspecified atom stereocenters. The molecule has 2 aromatic rings. The second-order valence-electron chi connectivity index (χ2n) is 8.11. The van der Waals surface area contributed by atoms with Crippen LogP contribution in [-0.2, 0) is 0 Å². The lowest BCUT2D eigenvalue weighted by Gasteiger charge is -2.42. The number of aromatic nitrogens is 4. The average Bonchev–Trinajstić information content (AvgIpc) is 3.01. The van der Waals surface area contributed by atoms with Gasteiger partial charge in [0.05, 0.1) is 0 Å². The van der Waals surface area contributed by atoms with Crippen LogP contribution in [0.15, 0.2) is 12.1 Å². The van der Waals surface area contributed by atoms with Gasteiger partial charge in [-0.05, 0) is 51.8 Å². The minimum atomic E-state index is 0.719. The minimum Gasteiger partial charge on any atom is -0.354 e. The highest BCUT2D eigenvalue weighted by molar-refractivity contribution is 5.47. The van der Waals surface area contributed by atoms with Crippen LogP contribution in [0.5, 0.6) is 0 Å². The van der Waals surface area contributed by atoms with Crippen molar-refractivity contribution in [1.82, 2.24) is 30.0 Å². The predicted octanol–water partition coefficient (Wildman–Crippen LogP) is 1.08. The summed E-state index contributed by atoms with van der Waals surface area (Å²) in [4.78, 5) is 4.96. The van der Waals surface area contributed by atoms with Gasteiger partial charge in [-0.1, -0.05) is 0 Å². The van der Waals surface area contributed by atoms with Gasteiger partial charge in [0, 0.05) is 43.7 Å². The van der Waals surface area contributed by atoms with Gasteiger partial charge in [-0.2, -0.15) is 4.52 Å². The van der Waals surface area contributed by atoms with E-state index < -0.39 is 0 Å². The Morgan fingerprint density at radius 3 is 2.64 bits per heavy atom. The van der Waals surface area contributed by atoms with Crippen molar-refractivity contribution in [2.75, 3.05) is 31.6 Å². The number of anilines is 1. The number of aryl methyl sites for hydroxylation is 1. The molecule has 7 nitrogen and oxygen atoms in total. The lowest BCUT2D eigenvalue weighted by molar-refractivity contribution is 0.145. The number of nitrogens with zero attached hydrogens (tertiary/aromatic N) is 6. The number of hydrogen-bond acceptors (Lipinski definition) is 6. The van der Waals surface area contributed by atoms with Crippen LogP contribution in [0.1, 0.15) is 31.5 Å². The number of piperidine rings is 1. The van der Waals surface area contributed by atoms with Crippen LogP contribution >= 0.6 is 0 Å². The fourth-order valence-corrected chi connectivity index (χ4v) is 4.85. The first-order valence-electron chi connectivity index (χ1n) is 9.56. The molecule has 5 rings (SSSR count). The molecule has 3 aliphatic rings. The highest BCUT2D eigenvalue weighted by Crippen LogP contribution is 2.34. The zero-order chi connectivity index (χ0) is 17.0. The van der Waals surface area contributed by atoms with Gasteiger partial charge < -0.3 is 15.1 Å². The van der Waals surface area contributed by atoms with Crippen LogP contribution in [0.2, 0.25) is 0 Å². The fourth-order valence-electron chi connectivity index (χ4n) is 4.85. The maximum absolute atomic E-state index is 4.67. The smallest absolute Gasteiger partial charge is 0.178 e. The van der Waals surface area contributed by atoms with Crippen LogP contribution < -0.4 is 10.2 Å². The van der Waals surface area contributed by atoms with Gasteiger partial charge >= 0.3 is 0 Å². The molecule has 0 aromatic carbocycles. The molecule has 3 saturated heterocycles. The Balaban J connectivity index is 1.14. The van der Waals surface area contributed by atoms with Crippen LogP contribution in [0.4, 0.5) is 5.82 Å². The third kappa shape index (κ3) is 2.69. The minimum absolute atomic E-state index is 0.719. The Kier molecular flexibility index (Phi) is 3.67. The summed E-state index contributed by atoms with van der Waals surface area (Å²) >= 11 is 0. The highest BCUT2D eigenvalue weighted by Gasteiger charge is 2.38. The third-order valence-corrected chi connectivity index (χ3v) is 6.48. The summed E-state index contributed by atoms with van der Waals surface area (Å²) in [7, 11) is 2.31. The summed E-state index contributed by atoms with van der Waals surface area (Å²) in [5, 5.41) is 16.7. The van der Waals surface area contributed by atoms with Crippen LogP contribution in [-0.4, -0.2) is 69.5 Å². The van der Waals surface area contributed by atoms with E-state index >= 15 is 0 Å². The van der Waals surface area contributed by atoms with Crippen LogP contribution in [0, 0.1) is 12.8 Å². The zero-order valence-corrected chi connectivity index (χ0v) is 15.1. The lowest BCUT2D eigenvalue weighted by Crippen LogP contribution is -2.54. The van der Waals surface area contributed by atoms with Crippen molar-refractivity contribution in [3.05, 3.63) is 18.0 Å². The average molecular weight is 341 g/mol. The summed E-state index contributed by atoms with van der Waals surface area (Å²) < 4.78 is 1.83. The second-order valence-corrected chi connectivity index (χ2v) is 8.11. The molecule has 25 heavy (non-hydrogen) atoms. The van der Waals surface area contributed by atoms with E-state index in [1.54, 1.807) is 0 Å². The molecule has 3 fully saturated rings. The van der Waals surface area contributed by atoms with Gasteiger partial charge in [-0.15, -0.1) is 15.3 Å². The van der Waals surface area contributed by atoms with Gasteiger partial charge in [0.15, 0.2) is 11.5 Å². The quantitative estimate of drug-likeness (QED) is 0.898. The van der Waals surface area contributed by atoms with Crippen LogP contribution in [0.25, 0.3) is 5.65 Å². The normalized spacial score (nSPS) is 30.2. The molecule has 134 valence electrons. The highest BCUT2D eigenvalue weighted by atomic mass is 15.4. The van der Waals surface area contributed by atoms with E-state index in [1.807, 2.05) is 17.5 Å². The van der Waals surface area contributed by atoms with E-state index in [1.165, 1.54) is 25.7 Å². The third-order valence-electron chi connectivity index (χ3n) is 6.48. The van der Waals surface area contributed by atoms with E-state index in [2.05, 4.69) is 43.5 Å². The first-order valence-corrected chi connectivity index (χ1v) is 9.56. The molecule has 5 heterocycles. The lowest BCUT2D eigenvalue weighted by atomic mass is 9.95. The van der Waals surface area contributed by atoms with E-state index in [9.17, 15) is 0 Å². The van der Waals surface area contributed by atoms with Gasteiger partial charge in [-0.3, -0.25) is 0 Å². The molecule has 1 N–H and O–H groups in total. The maximum atomic E-state index is 4.67. The fraction of sp³-hybridized carbons (Fsp3) is 0.722. The Bertz CT molecular complexity index is 752. The molecule has 0 aliphatic carbocycles. The van der Waals surface area contributed by atoms with E-state index in [4.69, 9.17) is 0 Å². The predicted molar refractivity (Wildman–Crippen MR) is 96.8 cm³/mol. The van der Waals surface area contributed by atoms with Crippen molar-refractivity contribution in [1.29, 1.82) is 0 Å².